The van der Waals surface area contributed by atoms with Gasteiger partial charge >= 0.3 is 0 Å². The minimum atomic E-state index is -0.174. The molecule has 0 radical (unpaired) electrons. The third kappa shape index (κ3) is 3.29. The van der Waals surface area contributed by atoms with Crippen molar-refractivity contribution < 1.29 is 19.4 Å². The number of furan rings is 1. The van der Waals surface area contributed by atoms with Gasteiger partial charge in [0.15, 0.2) is 11.5 Å². The molecule has 0 unspecified atom stereocenters. The predicted octanol–water partition coefficient (Wildman–Crippen LogP) is 1.52. The van der Waals surface area contributed by atoms with Crippen LogP contribution in [0.25, 0.3) is 11.1 Å². The maximum absolute atomic E-state index is 11.6. The number of nitrogen functional groups attached to an aromatic ring is 1. The molecule has 0 fully saturated rings. The van der Waals surface area contributed by atoms with Crippen LogP contribution >= 0.6 is 0 Å². The van der Waals surface area contributed by atoms with E-state index in [2.05, 4.69) is 0 Å². The lowest BCUT2D eigenvalue weighted by molar-refractivity contribution is 0.0988. The van der Waals surface area contributed by atoms with Gasteiger partial charge in [0.05, 0.1) is 19.5 Å². The largest absolute Gasteiger partial charge is 0.461 e. The molecule has 1 aromatic carbocycles. The average molecular weight is 304 g/mol. The van der Waals surface area contributed by atoms with Crippen molar-refractivity contribution in [1.82, 2.24) is 0 Å². The van der Waals surface area contributed by atoms with Crippen LogP contribution in [0.1, 0.15) is 17.5 Å². The highest BCUT2D eigenvalue weighted by molar-refractivity contribution is 6.00. The van der Waals surface area contributed by atoms with Crippen LogP contribution < -0.4 is 10.6 Å². The van der Waals surface area contributed by atoms with Crippen molar-refractivity contribution in [3.8, 4) is 11.1 Å². The third-order valence-electron chi connectivity index (χ3n) is 3.42. The lowest BCUT2D eigenvalue weighted by Gasteiger charge is -2.24. The highest BCUT2D eigenvalue weighted by Gasteiger charge is 2.16. The first-order chi connectivity index (χ1) is 10.6. The molecule has 2 aromatic rings. The Morgan fingerprint density at radius 1 is 1.18 bits per heavy atom. The average Bonchev–Trinajstić information content (AvgIpc) is 2.97. The lowest BCUT2D eigenvalue weighted by Crippen LogP contribution is -2.29. The Hall–Kier alpha value is -2.31. The lowest BCUT2D eigenvalue weighted by atomic mass is 10.0. The molecule has 0 bridgehead atoms. The molecule has 0 spiro atoms. The molecule has 0 saturated carbocycles. The van der Waals surface area contributed by atoms with E-state index >= 15 is 0 Å². The molecule has 4 N–H and O–H groups in total. The highest BCUT2D eigenvalue weighted by atomic mass is 16.3. The molecule has 0 aliphatic carbocycles. The number of nitrogens with zero attached hydrogens (tertiary/aromatic N) is 1. The highest BCUT2D eigenvalue weighted by Crippen LogP contribution is 2.33. The van der Waals surface area contributed by atoms with E-state index in [1.807, 2.05) is 17.0 Å². The molecule has 6 nitrogen and oxygen atoms in total. The van der Waals surface area contributed by atoms with Crippen LogP contribution in [0.3, 0.4) is 0 Å². The topological polar surface area (TPSA) is 99.9 Å². The van der Waals surface area contributed by atoms with Crippen molar-refractivity contribution in [2.45, 2.75) is 6.92 Å². The standard InChI is InChI=1S/C16H20N2O4/c1-11(21)16-13(4-9-22-16)14-10-12(2-3-15(14)17)18(5-7-19)6-8-20/h2-4,9-10,19-20H,5-8,17H2,1H3. The number of carbonyl (C=O) groups excluding carboxylic acids is 1. The Labute approximate surface area is 128 Å². The van der Waals surface area contributed by atoms with Crippen molar-refractivity contribution >= 4 is 17.2 Å². The second kappa shape index (κ2) is 7.11. The number of hydrogen-bond donors (Lipinski definition) is 3. The van der Waals surface area contributed by atoms with Gasteiger partial charge in [0, 0.05) is 42.5 Å². The summed E-state index contributed by atoms with van der Waals surface area (Å²) in [6.45, 7) is 2.18. The molecule has 0 saturated heterocycles. The summed E-state index contributed by atoms with van der Waals surface area (Å²) in [4.78, 5) is 13.5. The van der Waals surface area contributed by atoms with Gasteiger partial charge in [-0.2, -0.15) is 0 Å². The van der Waals surface area contributed by atoms with Crippen molar-refractivity contribution in [3.63, 3.8) is 0 Å². The summed E-state index contributed by atoms with van der Waals surface area (Å²) in [5.41, 5.74) is 8.69. The molecular weight excluding hydrogens is 284 g/mol. The first kappa shape index (κ1) is 16.1. The van der Waals surface area contributed by atoms with Crippen molar-refractivity contribution in [2.75, 3.05) is 36.9 Å². The molecule has 22 heavy (non-hydrogen) atoms. The number of aliphatic hydroxyl groups excluding tert-OH is 2. The van der Waals surface area contributed by atoms with Gasteiger partial charge in [0.25, 0.3) is 0 Å². The third-order valence-corrected chi connectivity index (χ3v) is 3.42. The summed E-state index contributed by atoms with van der Waals surface area (Å²) >= 11 is 0. The van der Waals surface area contributed by atoms with E-state index in [4.69, 9.17) is 20.4 Å². The number of nitrogens with two attached hydrogens (primary N) is 1. The summed E-state index contributed by atoms with van der Waals surface area (Å²) < 4.78 is 5.23. The number of rotatable bonds is 7. The Balaban J connectivity index is 2.46. The zero-order chi connectivity index (χ0) is 16.1. The summed E-state index contributed by atoms with van der Waals surface area (Å²) in [5, 5.41) is 18.3. The first-order valence-corrected chi connectivity index (χ1v) is 7.03. The fraction of sp³-hybridized carbons (Fsp3) is 0.312. The van der Waals surface area contributed by atoms with Crippen LogP contribution in [-0.2, 0) is 0 Å². The van der Waals surface area contributed by atoms with Gasteiger partial charge in [-0.05, 0) is 24.3 Å². The monoisotopic (exact) mass is 304 g/mol. The van der Waals surface area contributed by atoms with Crippen LogP contribution in [0.4, 0.5) is 11.4 Å². The first-order valence-electron chi connectivity index (χ1n) is 7.03. The number of anilines is 2. The molecule has 0 atom stereocenters. The van der Waals surface area contributed by atoms with Gasteiger partial charge in [-0.15, -0.1) is 0 Å². The van der Waals surface area contributed by atoms with E-state index < -0.39 is 0 Å². The second-order valence-corrected chi connectivity index (χ2v) is 4.93. The van der Waals surface area contributed by atoms with Gasteiger partial charge in [-0.25, -0.2) is 0 Å². The second-order valence-electron chi connectivity index (χ2n) is 4.93. The molecule has 6 heteroatoms. The molecular formula is C16H20N2O4. The summed E-state index contributed by atoms with van der Waals surface area (Å²) in [7, 11) is 0. The molecule has 0 aliphatic rings. The predicted molar refractivity (Wildman–Crippen MR) is 84.9 cm³/mol. The molecule has 0 aliphatic heterocycles. The van der Waals surface area contributed by atoms with E-state index in [1.165, 1.54) is 13.2 Å². The quantitative estimate of drug-likeness (QED) is 0.530. The molecule has 0 amide bonds. The van der Waals surface area contributed by atoms with Crippen molar-refractivity contribution in [3.05, 3.63) is 36.3 Å². The summed E-state index contributed by atoms with van der Waals surface area (Å²) in [5.74, 6) is 0.0899. The van der Waals surface area contributed by atoms with Gasteiger partial charge in [0.1, 0.15) is 0 Å². The number of carbonyl (C=O) groups is 1. The Morgan fingerprint density at radius 2 is 1.86 bits per heavy atom. The van der Waals surface area contributed by atoms with Gasteiger partial charge in [-0.3, -0.25) is 4.79 Å². The minimum Gasteiger partial charge on any atom is -0.461 e. The van der Waals surface area contributed by atoms with E-state index in [1.54, 1.807) is 12.1 Å². The molecule has 2 rings (SSSR count). The van der Waals surface area contributed by atoms with Gasteiger partial charge in [0.2, 0.25) is 0 Å². The maximum atomic E-state index is 11.6. The fourth-order valence-electron chi connectivity index (χ4n) is 2.38. The van der Waals surface area contributed by atoms with E-state index in [0.29, 0.717) is 29.9 Å². The molecule has 1 aromatic heterocycles. The van der Waals surface area contributed by atoms with Crippen LogP contribution in [-0.4, -0.2) is 42.3 Å². The zero-order valence-corrected chi connectivity index (χ0v) is 12.5. The Kier molecular flexibility index (Phi) is 5.19. The Bertz CT molecular complexity index is 645. The van der Waals surface area contributed by atoms with Crippen molar-refractivity contribution in [2.24, 2.45) is 0 Å². The summed E-state index contributed by atoms with van der Waals surface area (Å²) in [6.07, 6.45) is 1.46. The summed E-state index contributed by atoms with van der Waals surface area (Å²) in [6, 6.07) is 7.09. The number of aliphatic hydroxyl groups is 2. The fourth-order valence-corrected chi connectivity index (χ4v) is 2.38. The number of ketones is 1. The van der Waals surface area contributed by atoms with Crippen LogP contribution in [0.5, 0.6) is 0 Å². The zero-order valence-electron chi connectivity index (χ0n) is 12.5. The molecule has 118 valence electrons. The minimum absolute atomic E-state index is 0.0237. The van der Waals surface area contributed by atoms with Gasteiger partial charge in [-0.1, -0.05) is 0 Å². The normalized spacial score (nSPS) is 10.7. The van der Waals surface area contributed by atoms with E-state index in [0.717, 1.165) is 5.69 Å². The van der Waals surface area contributed by atoms with Gasteiger partial charge < -0.3 is 25.3 Å². The number of benzene rings is 1. The molecule has 1 heterocycles. The van der Waals surface area contributed by atoms with Crippen LogP contribution in [0.15, 0.2) is 34.9 Å². The van der Waals surface area contributed by atoms with Crippen molar-refractivity contribution in [1.29, 1.82) is 0 Å². The SMILES string of the molecule is CC(=O)c1occc1-c1cc(N(CCO)CCO)ccc1N. The van der Waals surface area contributed by atoms with E-state index in [9.17, 15) is 4.79 Å². The Morgan fingerprint density at radius 3 is 2.45 bits per heavy atom. The maximum Gasteiger partial charge on any atom is 0.195 e. The number of hydrogen-bond acceptors (Lipinski definition) is 6. The van der Waals surface area contributed by atoms with Crippen LogP contribution in [0, 0.1) is 0 Å². The smallest absolute Gasteiger partial charge is 0.195 e. The van der Waals surface area contributed by atoms with E-state index in [-0.39, 0.29) is 24.8 Å². The van der Waals surface area contributed by atoms with Crippen LogP contribution in [0.2, 0.25) is 0 Å². The number of Topliss-reactive ketones (excluding diaryl/α,β-unsaturated/α-hetero) is 1.